The molecule has 0 saturated heterocycles. The summed E-state index contributed by atoms with van der Waals surface area (Å²) in [6.45, 7) is 2.00. The van der Waals surface area contributed by atoms with E-state index in [0.29, 0.717) is 11.3 Å². The first-order valence-electron chi connectivity index (χ1n) is 5.14. The van der Waals surface area contributed by atoms with E-state index in [-0.39, 0.29) is 12.2 Å². The molecule has 0 radical (unpaired) electrons. The van der Waals surface area contributed by atoms with Crippen molar-refractivity contribution in [3.63, 3.8) is 0 Å². The van der Waals surface area contributed by atoms with Crippen LogP contribution in [-0.4, -0.2) is 19.7 Å². The van der Waals surface area contributed by atoms with Gasteiger partial charge in [0.25, 0.3) is 0 Å². The Morgan fingerprint density at radius 2 is 2.06 bits per heavy atom. The van der Waals surface area contributed by atoms with Crippen molar-refractivity contribution in [3.05, 3.63) is 35.9 Å². The quantitative estimate of drug-likeness (QED) is 0.452. The van der Waals surface area contributed by atoms with E-state index in [9.17, 15) is 4.79 Å². The van der Waals surface area contributed by atoms with E-state index >= 15 is 0 Å². The van der Waals surface area contributed by atoms with Crippen molar-refractivity contribution in [1.29, 1.82) is 5.26 Å². The number of benzene rings is 1. The molecule has 0 spiro atoms. The molecule has 1 rings (SSSR count). The van der Waals surface area contributed by atoms with Gasteiger partial charge in [-0.2, -0.15) is 5.26 Å². The molecule has 0 N–H and O–H groups in total. The van der Waals surface area contributed by atoms with Gasteiger partial charge in [-0.15, -0.1) is 0 Å². The zero-order valence-electron chi connectivity index (χ0n) is 9.77. The molecule has 0 aliphatic carbocycles. The van der Waals surface area contributed by atoms with Crippen molar-refractivity contribution < 1.29 is 14.3 Å². The van der Waals surface area contributed by atoms with Gasteiger partial charge in [-0.3, -0.25) is 0 Å². The summed E-state index contributed by atoms with van der Waals surface area (Å²) in [6.07, 6.45) is 1.19. The molecule has 0 aromatic heterocycles. The maximum absolute atomic E-state index is 11.2. The highest BCUT2D eigenvalue weighted by Crippen LogP contribution is 2.18. The van der Waals surface area contributed by atoms with Crippen molar-refractivity contribution in [2.45, 2.75) is 6.92 Å². The minimum Gasteiger partial charge on any atom is -0.497 e. The average molecular weight is 231 g/mol. The lowest BCUT2D eigenvalue weighted by atomic mass is 10.1. The maximum Gasteiger partial charge on any atom is 0.332 e. The Balaban J connectivity index is 2.94. The average Bonchev–Trinajstić information content (AvgIpc) is 2.36. The number of rotatable bonds is 4. The molecule has 0 bridgehead atoms. The number of ether oxygens (including phenoxy) is 2. The lowest BCUT2D eigenvalue weighted by Gasteiger charge is -2.02. The van der Waals surface area contributed by atoms with Crippen LogP contribution in [-0.2, 0) is 9.53 Å². The Bertz CT molecular complexity index is 455. The maximum atomic E-state index is 11.2. The van der Waals surface area contributed by atoms with Crippen LogP contribution in [0.15, 0.2) is 30.3 Å². The highest BCUT2D eigenvalue weighted by atomic mass is 16.5. The molecule has 0 unspecified atom stereocenters. The highest BCUT2D eigenvalue weighted by molar-refractivity contribution is 5.95. The van der Waals surface area contributed by atoms with Crippen LogP contribution in [0.4, 0.5) is 0 Å². The van der Waals surface area contributed by atoms with Crippen molar-refractivity contribution >= 4 is 11.5 Å². The molecular weight excluding hydrogens is 218 g/mol. The van der Waals surface area contributed by atoms with Crippen LogP contribution in [0.2, 0.25) is 0 Å². The van der Waals surface area contributed by atoms with Gasteiger partial charge in [-0.1, -0.05) is 0 Å². The SMILES string of the molecule is CCOC(=O)C=C(C#N)c1ccc(OC)cc1. The van der Waals surface area contributed by atoms with Crippen LogP contribution < -0.4 is 4.74 Å². The molecule has 17 heavy (non-hydrogen) atoms. The Labute approximate surface area is 100 Å². The van der Waals surface area contributed by atoms with Gasteiger partial charge in [0, 0.05) is 6.08 Å². The van der Waals surface area contributed by atoms with Gasteiger partial charge in [-0.05, 0) is 36.8 Å². The van der Waals surface area contributed by atoms with Crippen LogP contribution in [0.3, 0.4) is 0 Å². The summed E-state index contributed by atoms with van der Waals surface area (Å²) in [5, 5.41) is 8.97. The molecule has 88 valence electrons. The fourth-order valence-electron chi connectivity index (χ4n) is 1.25. The summed E-state index contributed by atoms with van der Waals surface area (Å²) in [6, 6.07) is 8.85. The normalized spacial score (nSPS) is 10.5. The summed E-state index contributed by atoms with van der Waals surface area (Å²) in [7, 11) is 1.56. The Kier molecular flexibility index (Phi) is 4.77. The molecular formula is C13H13NO3. The van der Waals surface area contributed by atoms with Crippen molar-refractivity contribution in [3.8, 4) is 11.8 Å². The van der Waals surface area contributed by atoms with Gasteiger partial charge in [0.1, 0.15) is 11.8 Å². The summed E-state index contributed by atoms with van der Waals surface area (Å²) in [5.74, 6) is 0.182. The van der Waals surface area contributed by atoms with E-state index in [4.69, 9.17) is 14.7 Å². The van der Waals surface area contributed by atoms with Gasteiger partial charge in [-0.25, -0.2) is 4.79 Å². The van der Waals surface area contributed by atoms with Crippen molar-refractivity contribution in [1.82, 2.24) is 0 Å². The van der Waals surface area contributed by atoms with Crippen LogP contribution >= 0.6 is 0 Å². The van der Waals surface area contributed by atoms with E-state index in [1.807, 2.05) is 6.07 Å². The number of carbonyl (C=O) groups is 1. The van der Waals surface area contributed by atoms with E-state index in [1.165, 1.54) is 6.08 Å². The van der Waals surface area contributed by atoms with Crippen LogP contribution in [0.25, 0.3) is 5.57 Å². The third kappa shape index (κ3) is 3.65. The standard InChI is InChI=1S/C13H13NO3/c1-3-17-13(15)8-11(9-14)10-4-6-12(16-2)7-5-10/h4-8H,3H2,1-2H3. The lowest BCUT2D eigenvalue weighted by molar-refractivity contribution is -0.137. The number of allylic oxidation sites excluding steroid dienone is 1. The Morgan fingerprint density at radius 1 is 1.41 bits per heavy atom. The molecule has 0 aliphatic heterocycles. The second kappa shape index (κ2) is 6.33. The molecule has 0 amide bonds. The summed E-state index contributed by atoms with van der Waals surface area (Å²) in [5.41, 5.74) is 0.924. The topological polar surface area (TPSA) is 59.3 Å². The number of hydrogen-bond acceptors (Lipinski definition) is 4. The van der Waals surface area contributed by atoms with E-state index < -0.39 is 5.97 Å². The molecule has 0 aliphatic rings. The van der Waals surface area contributed by atoms with Crippen LogP contribution in [0, 0.1) is 11.3 Å². The Hall–Kier alpha value is -2.28. The highest BCUT2D eigenvalue weighted by Gasteiger charge is 2.05. The first-order chi connectivity index (χ1) is 8.21. The minimum atomic E-state index is -0.514. The third-order valence-corrected chi connectivity index (χ3v) is 2.07. The first kappa shape index (κ1) is 12.8. The molecule has 0 atom stereocenters. The fourth-order valence-corrected chi connectivity index (χ4v) is 1.25. The molecule has 0 saturated carbocycles. The second-order valence-electron chi connectivity index (χ2n) is 3.15. The van der Waals surface area contributed by atoms with E-state index in [2.05, 4.69) is 0 Å². The van der Waals surface area contributed by atoms with Gasteiger partial charge in [0.2, 0.25) is 0 Å². The first-order valence-corrected chi connectivity index (χ1v) is 5.14. The van der Waals surface area contributed by atoms with Gasteiger partial charge >= 0.3 is 5.97 Å². The summed E-state index contributed by atoms with van der Waals surface area (Å²) >= 11 is 0. The van der Waals surface area contributed by atoms with Crippen molar-refractivity contribution in [2.24, 2.45) is 0 Å². The predicted molar refractivity (Wildman–Crippen MR) is 63.2 cm³/mol. The number of hydrogen-bond donors (Lipinski definition) is 0. The zero-order valence-corrected chi connectivity index (χ0v) is 9.77. The molecule has 0 fully saturated rings. The number of nitrogens with zero attached hydrogens (tertiary/aromatic N) is 1. The van der Waals surface area contributed by atoms with E-state index in [0.717, 1.165) is 0 Å². The van der Waals surface area contributed by atoms with Crippen molar-refractivity contribution in [2.75, 3.05) is 13.7 Å². The summed E-state index contributed by atoms with van der Waals surface area (Å²) in [4.78, 5) is 11.2. The molecule has 4 heteroatoms. The minimum absolute atomic E-state index is 0.270. The number of esters is 1. The monoisotopic (exact) mass is 231 g/mol. The van der Waals surface area contributed by atoms with E-state index in [1.54, 1.807) is 38.3 Å². The summed E-state index contributed by atoms with van der Waals surface area (Å²) < 4.78 is 9.76. The molecule has 4 nitrogen and oxygen atoms in total. The second-order valence-corrected chi connectivity index (χ2v) is 3.15. The molecule has 1 aromatic carbocycles. The van der Waals surface area contributed by atoms with Crippen LogP contribution in [0.5, 0.6) is 5.75 Å². The largest absolute Gasteiger partial charge is 0.497 e. The number of carbonyl (C=O) groups excluding carboxylic acids is 1. The zero-order chi connectivity index (χ0) is 12.7. The Morgan fingerprint density at radius 3 is 2.53 bits per heavy atom. The molecule has 1 aromatic rings. The number of methoxy groups -OCH3 is 1. The van der Waals surface area contributed by atoms with Crippen LogP contribution in [0.1, 0.15) is 12.5 Å². The lowest BCUT2D eigenvalue weighted by Crippen LogP contribution is -2.00. The third-order valence-electron chi connectivity index (χ3n) is 2.07. The predicted octanol–water partition coefficient (Wildman–Crippen LogP) is 2.17. The fraction of sp³-hybridized carbons (Fsp3) is 0.231. The number of nitriles is 1. The van der Waals surface area contributed by atoms with Gasteiger partial charge in [0.05, 0.1) is 19.3 Å². The van der Waals surface area contributed by atoms with Gasteiger partial charge in [0.15, 0.2) is 0 Å². The molecule has 0 heterocycles. The van der Waals surface area contributed by atoms with Gasteiger partial charge < -0.3 is 9.47 Å². The smallest absolute Gasteiger partial charge is 0.332 e.